The van der Waals surface area contributed by atoms with Crippen molar-refractivity contribution in [2.45, 2.75) is 38.8 Å². The predicted octanol–water partition coefficient (Wildman–Crippen LogP) is 3.78. The molecule has 0 bridgehead atoms. The standard InChI is InChI=1S/C14H21F3N4/c1-9-5-3-4-6-10(9)8-19-12-7-11(18-2)20-13(21-12)14(15,16)17/h7,9-10H,3-6,8H2,1-2H3,(H2,18,19,20,21). The first-order valence-electron chi connectivity index (χ1n) is 7.28. The van der Waals surface area contributed by atoms with Crippen molar-refractivity contribution in [2.24, 2.45) is 11.8 Å². The minimum atomic E-state index is -4.54. The van der Waals surface area contributed by atoms with Crippen molar-refractivity contribution in [1.29, 1.82) is 0 Å². The van der Waals surface area contributed by atoms with E-state index in [0.29, 0.717) is 18.4 Å². The molecule has 0 radical (unpaired) electrons. The highest BCUT2D eigenvalue weighted by atomic mass is 19.4. The van der Waals surface area contributed by atoms with E-state index in [0.717, 1.165) is 6.42 Å². The fourth-order valence-electron chi connectivity index (χ4n) is 2.72. The number of nitrogens with one attached hydrogen (secondary N) is 2. The SMILES string of the molecule is CNc1cc(NCC2CCCCC2C)nc(C(F)(F)F)n1. The summed E-state index contributed by atoms with van der Waals surface area (Å²) in [4.78, 5) is 7.02. The quantitative estimate of drug-likeness (QED) is 0.889. The van der Waals surface area contributed by atoms with Crippen LogP contribution in [-0.2, 0) is 6.18 Å². The third-order valence-electron chi connectivity index (χ3n) is 4.07. The van der Waals surface area contributed by atoms with Crippen molar-refractivity contribution >= 4 is 11.6 Å². The molecule has 1 aromatic heterocycles. The van der Waals surface area contributed by atoms with Crippen LogP contribution < -0.4 is 10.6 Å². The maximum absolute atomic E-state index is 12.8. The Morgan fingerprint density at radius 2 is 1.86 bits per heavy atom. The van der Waals surface area contributed by atoms with Gasteiger partial charge < -0.3 is 10.6 Å². The molecule has 1 aliphatic rings. The van der Waals surface area contributed by atoms with E-state index in [9.17, 15) is 13.2 Å². The van der Waals surface area contributed by atoms with E-state index in [1.54, 1.807) is 0 Å². The van der Waals surface area contributed by atoms with Gasteiger partial charge in [-0.05, 0) is 18.3 Å². The lowest BCUT2D eigenvalue weighted by atomic mass is 9.80. The van der Waals surface area contributed by atoms with Crippen LogP contribution >= 0.6 is 0 Å². The van der Waals surface area contributed by atoms with Gasteiger partial charge in [-0.25, -0.2) is 9.97 Å². The summed E-state index contributed by atoms with van der Waals surface area (Å²) < 4.78 is 38.3. The Bertz CT molecular complexity index is 476. The van der Waals surface area contributed by atoms with Crippen LogP contribution in [0.5, 0.6) is 0 Å². The average molecular weight is 302 g/mol. The highest BCUT2D eigenvalue weighted by Gasteiger charge is 2.35. The van der Waals surface area contributed by atoms with E-state index in [1.807, 2.05) is 0 Å². The molecule has 1 aromatic rings. The van der Waals surface area contributed by atoms with Crippen LogP contribution in [0.15, 0.2) is 6.07 Å². The van der Waals surface area contributed by atoms with Crippen LogP contribution in [0.4, 0.5) is 24.8 Å². The molecule has 1 saturated carbocycles. The van der Waals surface area contributed by atoms with Gasteiger partial charge in [0.15, 0.2) is 0 Å². The molecule has 0 aliphatic heterocycles. The molecule has 0 amide bonds. The van der Waals surface area contributed by atoms with E-state index in [1.165, 1.54) is 32.4 Å². The Hall–Kier alpha value is -1.53. The topological polar surface area (TPSA) is 49.8 Å². The Morgan fingerprint density at radius 3 is 2.48 bits per heavy atom. The number of hydrogen-bond donors (Lipinski definition) is 2. The largest absolute Gasteiger partial charge is 0.451 e. The van der Waals surface area contributed by atoms with Gasteiger partial charge in [-0.15, -0.1) is 0 Å². The zero-order chi connectivity index (χ0) is 15.5. The molecule has 4 nitrogen and oxygen atoms in total. The van der Waals surface area contributed by atoms with Crippen molar-refractivity contribution in [3.63, 3.8) is 0 Å². The normalized spacial score (nSPS) is 22.9. The molecule has 0 aromatic carbocycles. The number of hydrogen-bond acceptors (Lipinski definition) is 4. The summed E-state index contributed by atoms with van der Waals surface area (Å²) in [7, 11) is 1.54. The lowest BCUT2D eigenvalue weighted by Crippen LogP contribution is -2.25. The van der Waals surface area contributed by atoms with E-state index in [-0.39, 0.29) is 11.6 Å². The van der Waals surface area contributed by atoms with E-state index < -0.39 is 12.0 Å². The third kappa shape index (κ3) is 4.22. The highest BCUT2D eigenvalue weighted by molar-refractivity contribution is 5.47. The van der Waals surface area contributed by atoms with E-state index >= 15 is 0 Å². The molecule has 0 spiro atoms. The number of anilines is 2. The van der Waals surface area contributed by atoms with E-state index in [2.05, 4.69) is 27.5 Å². The molecule has 1 fully saturated rings. The molecule has 2 atom stereocenters. The maximum Gasteiger partial charge on any atom is 0.451 e. The fraction of sp³-hybridized carbons (Fsp3) is 0.714. The smallest absolute Gasteiger partial charge is 0.373 e. The Kier molecular flexibility index (Phi) is 4.90. The van der Waals surface area contributed by atoms with Crippen molar-refractivity contribution in [2.75, 3.05) is 24.2 Å². The van der Waals surface area contributed by atoms with Crippen molar-refractivity contribution in [1.82, 2.24) is 9.97 Å². The molecule has 2 N–H and O–H groups in total. The van der Waals surface area contributed by atoms with Crippen molar-refractivity contribution in [3.8, 4) is 0 Å². The first kappa shape index (κ1) is 15.9. The zero-order valence-electron chi connectivity index (χ0n) is 12.3. The van der Waals surface area contributed by atoms with Gasteiger partial charge >= 0.3 is 6.18 Å². The van der Waals surface area contributed by atoms with Crippen LogP contribution in [0.1, 0.15) is 38.4 Å². The average Bonchev–Trinajstić information content (AvgIpc) is 2.45. The number of alkyl halides is 3. The van der Waals surface area contributed by atoms with Crippen LogP contribution in [0.25, 0.3) is 0 Å². The summed E-state index contributed by atoms with van der Waals surface area (Å²) in [5.41, 5.74) is 0. The molecule has 1 aliphatic carbocycles. The van der Waals surface area contributed by atoms with Gasteiger partial charge in [0.2, 0.25) is 5.82 Å². The first-order valence-corrected chi connectivity index (χ1v) is 7.28. The van der Waals surface area contributed by atoms with Gasteiger partial charge in [-0.2, -0.15) is 13.2 Å². The van der Waals surface area contributed by atoms with Crippen molar-refractivity contribution in [3.05, 3.63) is 11.9 Å². The molecule has 21 heavy (non-hydrogen) atoms. The minimum absolute atomic E-state index is 0.163. The lowest BCUT2D eigenvalue weighted by molar-refractivity contribution is -0.144. The molecule has 0 saturated heterocycles. The van der Waals surface area contributed by atoms with Gasteiger partial charge in [0, 0.05) is 19.7 Å². The van der Waals surface area contributed by atoms with Crippen LogP contribution in [-0.4, -0.2) is 23.6 Å². The van der Waals surface area contributed by atoms with Crippen molar-refractivity contribution < 1.29 is 13.2 Å². The summed E-state index contributed by atoms with van der Waals surface area (Å²) >= 11 is 0. The Balaban J connectivity index is 2.08. The molecule has 1 heterocycles. The lowest BCUT2D eigenvalue weighted by Gasteiger charge is -2.29. The number of halogens is 3. The summed E-state index contributed by atoms with van der Waals surface area (Å²) in [6.45, 7) is 2.85. The summed E-state index contributed by atoms with van der Waals surface area (Å²) in [5, 5.41) is 5.68. The molecular weight excluding hydrogens is 281 g/mol. The number of rotatable bonds is 4. The van der Waals surface area contributed by atoms with Crippen LogP contribution in [0, 0.1) is 11.8 Å². The second-order valence-corrected chi connectivity index (χ2v) is 5.61. The predicted molar refractivity (Wildman–Crippen MR) is 76.2 cm³/mol. The van der Waals surface area contributed by atoms with Gasteiger partial charge in [-0.1, -0.05) is 26.2 Å². The molecule has 7 heteroatoms. The Labute approximate surface area is 122 Å². The number of aromatic nitrogens is 2. The molecule has 2 unspecified atom stereocenters. The highest BCUT2D eigenvalue weighted by Crippen LogP contribution is 2.31. The first-order chi connectivity index (χ1) is 9.90. The summed E-state index contributed by atoms with van der Waals surface area (Å²) in [6.07, 6.45) is 0.195. The second-order valence-electron chi connectivity index (χ2n) is 5.61. The van der Waals surface area contributed by atoms with Gasteiger partial charge in [-0.3, -0.25) is 0 Å². The Morgan fingerprint density at radius 1 is 1.19 bits per heavy atom. The molecule has 118 valence electrons. The van der Waals surface area contributed by atoms with Crippen LogP contribution in [0.2, 0.25) is 0 Å². The molecular formula is C14H21F3N4. The summed E-state index contributed by atoms with van der Waals surface area (Å²) in [5.74, 6) is 0.351. The molecule has 2 rings (SSSR count). The second kappa shape index (κ2) is 6.49. The minimum Gasteiger partial charge on any atom is -0.373 e. The maximum atomic E-state index is 12.8. The monoisotopic (exact) mass is 302 g/mol. The van der Waals surface area contributed by atoms with Gasteiger partial charge in [0.25, 0.3) is 0 Å². The van der Waals surface area contributed by atoms with Crippen LogP contribution in [0.3, 0.4) is 0 Å². The number of nitrogens with zero attached hydrogens (tertiary/aromatic N) is 2. The van der Waals surface area contributed by atoms with Gasteiger partial charge in [0.1, 0.15) is 11.6 Å². The fourth-order valence-corrected chi connectivity index (χ4v) is 2.72. The van der Waals surface area contributed by atoms with Gasteiger partial charge in [0.05, 0.1) is 0 Å². The third-order valence-corrected chi connectivity index (χ3v) is 4.07. The zero-order valence-corrected chi connectivity index (χ0v) is 12.3. The van der Waals surface area contributed by atoms with E-state index in [4.69, 9.17) is 0 Å². The summed E-state index contributed by atoms with van der Waals surface area (Å²) in [6, 6.07) is 1.50.